The van der Waals surface area contributed by atoms with Gasteiger partial charge in [0.2, 0.25) is 0 Å². The third-order valence-electron chi connectivity index (χ3n) is 2.67. The van der Waals surface area contributed by atoms with Gasteiger partial charge in [-0.1, -0.05) is 13.8 Å². The van der Waals surface area contributed by atoms with Crippen LogP contribution >= 0.6 is 0 Å². The zero-order valence-electron chi connectivity index (χ0n) is 11.4. The molecule has 6 nitrogen and oxygen atoms in total. The molecule has 2 amide bonds. The number of amides is 2. The van der Waals surface area contributed by atoms with E-state index in [1.54, 1.807) is 11.8 Å². The number of nitrogens with one attached hydrogen (secondary N) is 1. The van der Waals surface area contributed by atoms with E-state index in [4.69, 9.17) is 9.84 Å². The highest BCUT2D eigenvalue weighted by molar-refractivity contribution is 5.81. The van der Waals surface area contributed by atoms with E-state index in [0.717, 1.165) is 12.8 Å². The van der Waals surface area contributed by atoms with E-state index in [9.17, 15) is 9.59 Å². The zero-order chi connectivity index (χ0) is 14.0. The Kier molecular flexibility index (Phi) is 9.00. The number of hydrogen-bond donors (Lipinski definition) is 2. The third kappa shape index (κ3) is 5.86. The average molecular weight is 260 g/mol. The van der Waals surface area contributed by atoms with Crippen molar-refractivity contribution in [2.75, 3.05) is 26.3 Å². The topological polar surface area (TPSA) is 78.9 Å². The van der Waals surface area contributed by atoms with Crippen molar-refractivity contribution in [2.24, 2.45) is 0 Å². The molecule has 0 aromatic rings. The van der Waals surface area contributed by atoms with Crippen molar-refractivity contribution < 1.29 is 19.4 Å². The lowest BCUT2D eigenvalue weighted by Gasteiger charge is -2.29. The van der Waals surface area contributed by atoms with Crippen LogP contribution < -0.4 is 5.32 Å². The molecule has 18 heavy (non-hydrogen) atoms. The van der Waals surface area contributed by atoms with Crippen LogP contribution in [0.15, 0.2) is 0 Å². The fraction of sp³-hybridized carbons (Fsp3) is 0.833. The molecular weight excluding hydrogens is 236 g/mol. The van der Waals surface area contributed by atoms with E-state index in [-0.39, 0.29) is 31.8 Å². The molecule has 0 aromatic heterocycles. The molecule has 106 valence electrons. The number of hydrogen-bond acceptors (Lipinski definition) is 4. The molecule has 0 bridgehead atoms. The van der Waals surface area contributed by atoms with E-state index >= 15 is 0 Å². The molecule has 0 rings (SSSR count). The Morgan fingerprint density at radius 2 is 1.89 bits per heavy atom. The molecule has 0 aromatic carbocycles. The van der Waals surface area contributed by atoms with Crippen LogP contribution in [0.3, 0.4) is 0 Å². The molecule has 0 aliphatic rings. The van der Waals surface area contributed by atoms with Crippen molar-refractivity contribution in [1.82, 2.24) is 10.2 Å². The maximum absolute atomic E-state index is 11.9. The van der Waals surface area contributed by atoms with Gasteiger partial charge in [-0.25, -0.2) is 4.79 Å². The Hall–Kier alpha value is -1.30. The van der Waals surface area contributed by atoms with Gasteiger partial charge in [-0.2, -0.15) is 0 Å². The van der Waals surface area contributed by atoms with Gasteiger partial charge < -0.3 is 20.1 Å². The number of aliphatic hydroxyl groups is 1. The van der Waals surface area contributed by atoms with Gasteiger partial charge in [0, 0.05) is 12.6 Å². The third-order valence-corrected chi connectivity index (χ3v) is 2.67. The standard InChI is InChI=1S/C12H24N2O4/c1-4-10(5-2)14(7-8-15)12(17)13-9-11(16)18-6-3/h10,15H,4-9H2,1-3H3,(H,13,17). The van der Waals surface area contributed by atoms with Crippen LogP contribution in [0.2, 0.25) is 0 Å². The Labute approximate surface area is 108 Å². The summed E-state index contributed by atoms with van der Waals surface area (Å²) in [5, 5.41) is 11.5. The van der Waals surface area contributed by atoms with Crippen molar-refractivity contribution in [3.8, 4) is 0 Å². The molecule has 2 N–H and O–H groups in total. The monoisotopic (exact) mass is 260 g/mol. The first kappa shape index (κ1) is 16.7. The number of esters is 1. The van der Waals surface area contributed by atoms with Gasteiger partial charge in [-0.15, -0.1) is 0 Å². The summed E-state index contributed by atoms with van der Waals surface area (Å²) < 4.78 is 4.72. The van der Waals surface area contributed by atoms with Crippen LogP contribution in [-0.2, 0) is 9.53 Å². The Balaban J connectivity index is 4.33. The lowest BCUT2D eigenvalue weighted by Crippen LogP contribution is -2.48. The molecule has 0 aliphatic carbocycles. The molecule has 0 saturated heterocycles. The van der Waals surface area contributed by atoms with Gasteiger partial charge in [0.05, 0.1) is 13.2 Å². The lowest BCUT2D eigenvalue weighted by molar-refractivity contribution is -0.141. The van der Waals surface area contributed by atoms with Crippen molar-refractivity contribution >= 4 is 12.0 Å². The number of rotatable bonds is 8. The predicted octanol–water partition coefficient (Wildman–Crippen LogP) is 0.742. The quantitative estimate of drug-likeness (QED) is 0.631. The Morgan fingerprint density at radius 1 is 1.28 bits per heavy atom. The number of nitrogens with zero attached hydrogens (tertiary/aromatic N) is 1. The normalized spacial score (nSPS) is 10.3. The number of ether oxygens (including phenoxy) is 1. The number of urea groups is 1. The first-order valence-corrected chi connectivity index (χ1v) is 6.41. The largest absolute Gasteiger partial charge is 0.465 e. The zero-order valence-corrected chi connectivity index (χ0v) is 11.4. The highest BCUT2D eigenvalue weighted by Gasteiger charge is 2.20. The Morgan fingerprint density at radius 3 is 2.33 bits per heavy atom. The molecule has 0 unspecified atom stereocenters. The van der Waals surface area contributed by atoms with E-state index in [1.165, 1.54) is 0 Å². The van der Waals surface area contributed by atoms with Crippen LogP contribution in [0, 0.1) is 0 Å². The summed E-state index contributed by atoms with van der Waals surface area (Å²) in [6, 6.07) is -0.273. The van der Waals surface area contributed by atoms with Crippen molar-refractivity contribution in [3.63, 3.8) is 0 Å². The fourth-order valence-electron chi connectivity index (χ4n) is 1.75. The maximum Gasteiger partial charge on any atom is 0.325 e. The molecule has 0 saturated carbocycles. The minimum Gasteiger partial charge on any atom is -0.465 e. The summed E-state index contributed by atoms with van der Waals surface area (Å²) in [7, 11) is 0. The summed E-state index contributed by atoms with van der Waals surface area (Å²) >= 11 is 0. The molecule has 0 aliphatic heterocycles. The fourth-order valence-corrected chi connectivity index (χ4v) is 1.75. The number of aliphatic hydroxyl groups excluding tert-OH is 1. The Bertz CT molecular complexity index is 254. The minimum atomic E-state index is -0.459. The average Bonchev–Trinajstić information content (AvgIpc) is 2.36. The van der Waals surface area contributed by atoms with Gasteiger partial charge in [0.15, 0.2) is 0 Å². The number of carbonyl (C=O) groups excluding carboxylic acids is 2. The predicted molar refractivity (Wildman–Crippen MR) is 68.2 cm³/mol. The first-order valence-electron chi connectivity index (χ1n) is 6.41. The van der Waals surface area contributed by atoms with E-state index in [0.29, 0.717) is 6.61 Å². The van der Waals surface area contributed by atoms with E-state index in [1.807, 2.05) is 13.8 Å². The molecule has 0 atom stereocenters. The van der Waals surface area contributed by atoms with Crippen molar-refractivity contribution in [3.05, 3.63) is 0 Å². The van der Waals surface area contributed by atoms with Crippen LogP contribution in [-0.4, -0.2) is 54.4 Å². The van der Waals surface area contributed by atoms with Crippen LogP contribution in [0.25, 0.3) is 0 Å². The molecular formula is C12H24N2O4. The van der Waals surface area contributed by atoms with Crippen LogP contribution in [0.4, 0.5) is 4.79 Å². The second-order valence-electron chi connectivity index (χ2n) is 3.85. The smallest absolute Gasteiger partial charge is 0.325 e. The van der Waals surface area contributed by atoms with Crippen molar-refractivity contribution in [2.45, 2.75) is 39.7 Å². The van der Waals surface area contributed by atoms with Gasteiger partial charge in [0.25, 0.3) is 0 Å². The summed E-state index contributed by atoms with van der Waals surface area (Å²) in [4.78, 5) is 24.6. The summed E-state index contributed by atoms with van der Waals surface area (Å²) in [5.74, 6) is -0.459. The minimum absolute atomic E-state index is 0.0688. The SMILES string of the molecule is CCOC(=O)CNC(=O)N(CCO)C(CC)CC. The molecule has 0 heterocycles. The molecule has 0 radical (unpaired) electrons. The molecule has 6 heteroatoms. The second kappa shape index (κ2) is 9.70. The summed E-state index contributed by atoms with van der Waals surface area (Å²) in [6.45, 7) is 6.00. The van der Waals surface area contributed by atoms with Gasteiger partial charge in [-0.3, -0.25) is 4.79 Å². The number of carbonyl (C=O) groups is 2. The lowest BCUT2D eigenvalue weighted by atomic mass is 10.1. The van der Waals surface area contributed by atoms with Gasteiger partial charge >= 0.3 is 12.0 Å². The summed E-state index contributed by atoms with van der Waals surface area (Å²) in [5.41, 5.74) is 0. The molecule has 0 spiro atoms. The van der Waals surface area contributed by atoms with E-state index < -0.39 is 5.97 Å². The maximum atomic E-state index is 11.9. The van der Waals surface area contributed by atoms with Gasteiger partial charge in [0.1, 0.15) is 6.54 Å². The first-order chi connectivity index (χ1) is 8.60. The van der Waals surface area contributed by atoms with Gasteiger partial charge in [-0.05, 0) is 19.8 Å². The second-order valence-corrected chi connectivity index (χ2v) is 3.85. The molecule has 0 fully saturated rings. The highest BCUT2D eigenvalue weighted by atomic mass is 16.5. The van der Waals surface area contributed by atoms with Crippen LogP contribution in [0.1, 0.15) is 33.6 Å². The van der Waals surface area contributed by atoms with Crippen LogP contribution in [0.5, 0.6) is 0 Å². The van der Waals surface area contributed by atoms with Crippen molar-refractivity contribution in [1.29, 1.82) is 0 Å². The summed E-state index contributed by atoms with van der Waals surface area (Å²) in [6.07, 6.45) is 1.62. The highest BCUT2D eigenvalue weighted by Crippen LogP contribution is 2.08. The van der Waals surface area contributed by atoms with E-state index in [2.05, 4.69) is 5.32 Å².